The molecule has 0 saturated carbocycles. The smallest absolute Gasteiger partial charge is 0.246 e. The highest BCUT2D eigenvalue weighted by Crippen LogP contribution is 2.24. The lowest BCUT2D eigenvalue weighted by molar-refractivity contribution is -0.116. The monoisotopic (exact) mass is 393 g/mol. The Bertz CT molecular complexity index is 1000. The van der Waals surface area contributed by atoms with E-state index in [0.29, 0.717) is 21.8 Å². The predicted molar refractivity (Wildman–Crippen MR) is 109 cm³/mol. The number of carbonyl (C=O) groups excluding carboxylic acids is 2. The van der Waals surface area contributed by atoms with E-state index in [1.807, 2.05) is 12.3 Å². The second kappa shape index (κ2) is 7.98. The number of aromatic nitrogens is 2. The molecule has 0 radical (unpaired) electrons. The third kappa shape index (κ3) is 3.99. The van der Waals surface area contributed by atoms with Crippen LogP contribution in [0, 0.1) is 0 Å². The molecule has 4 rings (SSSR count). The minimum absolute atomic E-state index is 0.106. The molecule has 142 valence electrons. The summed E-state index contributed by atoms with van der Waals surface area (Å²) in [6, 6.07) is 13.8. The van der Waals surface area contributed by atoms with Gasteiger partial charge in [-0.3, -0.25) is 14.3 Å². The molecule has 0 aliphatic heterocycles. The fourth-order valence-electron chi connectivity index (χ4n) is 3.51. The van der Waals surface area contributed by atoms with Crippen molar-refractivity contribution in [1.82, 2.24) is 9.78 Å². The van der Waals surface area contributed by atoms with Gasteiger partial charge in [-0.1, -0.05) is 41.9 Å². The van der Waals surface area contributed by atoms with Crippen molar-refractivity contribution in [2.75, 3.05) is 5.32 Å². The number of hydrogen-bond acceptors (Lipinski definition) is 3. The number of anilines is 1. The largest absolute Gasteiger partial charge is 0.324 e. The molecule has 1 aliphatic rings. The van der Waals surface area contributed by atoms with Crippen molar-refractivity contribution in [2.24, 2.45) is 0 Å². The quantitative estimate of drug-likeness (QED) is 0.658. The molecule has 6 heteroatoms. The zero-order valence-corrected chi connectivity index (χ0v) is 16.1. The summed E-state index contributed by atoms with van der Waals surface area (Å²) in [6.07, 6.45) is 6.25. The van der Waals surface area contributed by atoms with E-state index in [1.54, 1.807) is 47.1 Å². The van der Waals surface area contributed by atoms with Crippen molar-refractivity contribution in [2.45, 2.75) is 32.2 Å². The molecule has 1 amide bonds. The highest BCUT2D eigenvalue weighted by atomic mass is 35.5. The molecule has 1 heterocycles. The average molecular weight is 394 g/mol. The number of rotatable bonds is 5. The first kappa shape index (κ1) is 18.4. The molecule has 1 aliphatic carbocycles. The Morgan fingerprint density at radius 1 is 1.07 bits per heavy atom. The molecule has 0 saturated heterocycles. The average Bonchev–Trinajstić information content (AvgIpc) is 3.11. The van der Waals surface area contributed by atoms with E-state index in [2.05, 4.69) is 10.4 Å². The minimum Gasteiger partial charge on any atom is -0.324 e. The van der Waals surface area contributed by atoms with Crippen LogP contribution in [-0.4, -0.2) is 21.5 Å². The zero-order chi connectivity index (χ0) is 19.5. The predicted octanol–water partition coefficient (Wildman–Crippen LogP) is 4.29. The van der Waals surface area contributed by atoms with Crippen LogP contribution in [0.2, 0.25) is 5.02 Å². The first-order valence-electron chi connectivity index (χ1n) is 9.34. The van der Waals surface area contributed by atoms with Crippen LogP contribution in [0.4, 0.5) is 5.69 Å². The zero-order valence-electron chi connectivity index (χ0n) is 15.3. The summed E-state index contributed by atoms with van der Waals surface area (Å²) in [5.74, 6) is -0.419. The number of nitrogens with zero attached hydrogens (tertiary/aromatic N) is 2. The molecular formula is C22H20ClN3O2. The lowest BCUT2D eigenvalue weighted by Crippen LogP contribution is -2.21. The Hall–Kier alpha value is -2.92. The van der Waals surface area contributed by atoms with Gasteiger partial charge in [0, 0.05) is 22.3 Å². The van der Waals surface area contributed by atoms with E-state index in [1.165, 1.54) is 12.0 Å². The number of aryl methyl sites for hydroxylation is 2. The second-order valence-corrected chi connectivity index (χ2v) is 7.38. The van der Waals surface area contributed by atoms with Crippen molar-refractivity contribution >= 4 is 29.0 Å². The summed E-state index contributed by atoms with van der Waals surface area (Å²) in [4.78, 5) is 25.4. The summed E-state index contributed by atoms with van der Waals surface area (Å²) in [7, 11) is 0. The molecule has 3 aromatic rings. The number of hydrogen-bond donors (Lipinski definition) is 1. The number of nitrogens with one attached hydrogen (secondary N) is 1. The van der Waals surface area contributed by atoms with Crippen LogP contribution in [0.15, 0.2) is 54.7 Å². The Morgan fingerprint density at radius 3 is 2.64 bits per heavy atom. The van der Waals surface area contributed by atoms with Crippen LogP contribution in [0.1, 0.15) is 40.0 Å². The van der Waals surface area contributed by atoms with Gasteiger partial charge in [-0.15, -0.1) is 0 Å². The maximum Gasteiger partial charge on any atom is 0.246 e. The topological polar surface area (TPSA) is 64.0 Å². The van der Waals surface area contributed by atoms with Gasteiger partial charge in [0.25, 0.3) is 0 Å². The maximum atomic E-state index is 12.9. The van der Waals surface area contributed by atoms with Crippen LogP contribution in [-0.2, 0) is 24.2 Å². The van der Waals surface area contributed by atoms with Crippen LogP contribution in [0.3, 0.4) is 0 Å². The molecule has 28 heavy (non-hydrogen) atoms. The van der Waals surface area contributed by atoms with Gasteiger partial charge in [-0.05, 0) is 49.4 Å². The molecule has 2 aromatic carbocycles. The van der Waals surface area contributed by atoms with Gasteiger partial charge in [0.2, 0.25) is 5.91 Å². The molecule has 0 spiro atoms. The summed E-state index contributed by atoms with van der Waals surface area (Å²) in [5.41, 5.74) is 3.67. The molecule has 0 fully saturated rings. The van der Waals surface area contributed by atoms with Gasteiger partial charge in [0.05, 0.1) is 11.4 Å². The lowest BCUT2D eigenvalue weighted by atomic mass is 9.99. The first-order valence-corrected chi connectivity index (χ1v) is 9.72. The summed E-state index contributed by atoms with van der Waals surface area (Å²) < 4.78 is 1.68. The second-order valence-electron chi connectivity index (χ2n) is 6.94. The molecule has 1 N–H and O–H groups in total. The molecule has 1 aromatic heterocycles. The van der Waals surface area contributed by atoms with Crippen molar-refractivity contribution in [3.05, 3.63) is 82.1 Å². The SMILES string of the molecule is O=C(Cn1cc2c(n1)CCCC2)Nc1ccc(Cl)cc1C(=O)c1ccccc1. The summed E-state index contributed by atoms with van der Waals surface area (Å²) in [6.45, 7) is 0.106. The van der Waals surface area contributed by atoms with E-state index in [0.717, 1.165) is 25.0 Å². The number of halogens is 1. The van der Waals surface area contributed by atoms with E-state index < -0.39 is 0 Å². The molecule has 0 bridgehead atoms. The van der Waals surface area contributed by atoms with E-state index >= 15 is 0 Å². The number of benzene rings is 2. The third-order valence-corrected chi connectivity index (χ3v) is 5.11. The van der Waals surface area contributed by atoms with Crippen LogP contribution >= 0.6 is 11.6 Å². The van der Waals surface area contributed by atoms with E-state index in [9.17, 15) is 9.59 Å². The fraction of sp³-hybridized carbons (Fsp3) is 0.227. The highest BCUT2D eigenvalue weighted by molar-refractivity contribution is 6.31. The Kier molecular flexibility index (Phi) is 5.26. The molecule has 0 atom stereocenters. The lowest BCUT2D eigenvalue weighted by Gasteiger charge is -2.11. The highest BCUT2D eigenvalue weighted by Gasteiger charge is 2.18. The van der Waals surface area contributed by atoms with Gasteiger partial charge in [-0.25, -0.2) is 0 Å². The van der Waals surface area contributed by atoms with Gasteiger partial charge in [0.1, 0.15) is 6.54 Å². The normalized spacial score (nSPS) is 13.0. The Morgan fingerprint density at radius 2 is 1.86 bits per heavy atom. The molecule has 5 nitrogen and oxygen atoms in total. The van der Waals surface area contributed by atoms with E-state index in [-0.39, 0.29) is 18.2 Å². The van der Waals surface area contributed by atoms with Gasteiger partial charge >= 0.3 is 0 Å². The molecule has 0 unspecified atom stereocenters. The number of carbonyl (C=O) groups is 2. The van der Waals surface area contributed by atoms with Gasteiger partial charge in [-0.2, -0.15) is 5.10 Å². The van der Waals surface area contributed by atoms with Gasteiger partial charge in [0.15, 0.2) is 5.78 Å². The van der Waals surface area contributed by atoms with E-state index in [4.69, 9.17) is 11.6 Å². The van der Waals surface area contributed by atoms with Crippen LogP contribution in [0.5, 0.6) is 0 Å². The third-order valence-electron chi connectivity index (χ3n) is 4.88. The number of amides is 1. The van der Waals surface area contributed by atoms with Crippen molar-refractivity contribution < 1.29 is 9.59 Å². The van der Waals surface area contributed by atoms with Crippen LogP contribution in [0.25, 0.3) is 0 Å². The maximum absolute atomic E-state index is 12.9. The summed E-state index contributed by atoms with van der Waals surface area (Å²) in [5, 5.41) is 7.80. The number of ketones is 1. The standard InChI is InChI=1S/C22H20ClN3O2/c23-17-10-11-20(18(12-17)22(28)15-6-2-1-3-7-15)24-21(27)14-26-13-16-8-4-5-9-19(16)25-26/h1-3,6-7,10-13H,4-5,8-9,14H2,(H,24,27). The molecular weight excluding hydrogens is 374 g/mol. The van der Waals surface area contributed by atoms with Crippen molar-refractivity contribution in [3.63, 3.8) is 0 Å². The minimum atomic E-state index is -0.232. The van der Waals surface area contributed by atoms with Gasteiger partial charge < -0.3 is 5.32 Å². The Labute approximate surface area is 168 Å². The number of fused-ring (bicyclic) bond motifs is 1. The first-order chi connectivity index (χ1) is 13.6. The van der Waals surface area contributed by atoms with Crippen LogP contribution < -0.4 is 5.32 Å². The summed E-state index contributed by atoms with van der Waals surface area (Å²) >= 11 is 6.09. The van der Waals surface area contributed by atoms with Crippen molar-refractivity contribution in [3.8, 4) is 0 Å². The Balaban J connectivity index is 1.53. The van der Waals surface area contributed by atoms with Crippen molar-refractivity contribution in [1.29, 1.82) is 0 Å². The fourth-order valence-corrected chi connectivity index (χ4v) is 3.68.